The first-order valence-electron chi connectivity index (χ1n) is 17.3. The molecule has 0 aliphatic carbocycles. The Morgan fingerprint density at radius 1 is 0.353 bits per heavy atom. The summed E-state index contributed by atoms with van der Waals surface area (Å²) >= 11 is 0. The molecule has 0 saturated heterocycles. The molecule has 238 valence electrons. The van der Waals surface area contributed by atoms with Gasteiger partial charge < -0.3 is 0 Å². The second-order valence-corrected chi connectivity index (χ2v) is 13.1. The molecule has 0 bridgehead atoms. The lowest BCUT2D eigenvalue weighted by Crippen LogP contribution is -2.00. The summed E-state index contributed by atoms with van der Waals surface area (Å²) in [5, 5.41) is 7.15. The first kappa shape index (κ1) is 29.1. The predicted octanol–water partition coefficient (Wildman–Crippen LogP) is 12.5. The zero-order valence-electron chi connectivity index (χ0n) is 27.7. The summed E-state index contributed by atoms with van der Waals surface area (Å²) < 4.78 is 2.30. The Balaban J connectivity index is 1.21. The van der Waals surface area contributed by atoms with E-state index in [0.717, 1.165) is 72.5 Å². The molecule has 0 spiro atoms. The predicted molar refractivity (Wildman–Crippen MR) is 213 cm³/mol. The molecule has 0 N–H and O–H groups in total. The number of aromatic nitrogens is 3. The molecule has 0 amide bonds. The zero-order valence-corrected chi connectivity index (χ0v) is 27.7. The smallest absolute Gasteiger partial charge is 0.145 e. The number of benzene rings is 8. The summed E-state index contributed by atoms with van der Waals surface area (Å²) in [4.78, 5) is 10.5. The van der Waals surface area contributed by atoms with Crippen molar-refractivity contribution in [3.63, 3.8) is 0 Å². The fourth-order valence-corrected chi connectivity index (χ4v) is 7.45. The maximum absolute atomic E-state index is 5.41. The molecule has 0 saturated carbocycles. The van der Waals surface area contributed by atoms with E-state index < -0.39 is 0 Å². The third-order valence-electron chi connectivity index (χ3n) is 9.96. The van der Waals surface area contributed by atoms with Crippen LogP contribution in [0.2, 0.25) is 0 Å². The van der Waals surface area contributed by atoms with Crippen molar-refractivity contribution in [2.75, 3.05) is 0 Å². The van der Waals surface area contributed by atoms with E-state index in [0.29, 0.717) is 0 Å². The molecule has 10 rings (SSSR count). The second kappa shape index (κ2) is 11.9. The highest BCUT2D eigenvalue weighted by molar-refractivity contribution is 6.03. The normalized spacial score (nSPS) is 11.5. The van der Waals surface area contributed by atoms with E-state index in [9.17, 15) is 0 Å². The number of hydrogen-bond donors (Lipinski definition) is 0. The van der Waals surface area contributed by atoms with Crippen LogP contribution >= 0.6 is 0 Å². The average Bonchev–Trinajstić information content (AvgIpc) is 3.60. The minimum atomic E-state index is 0.921. The standard InChI is InChI=1S/C48H31N3/c1-2-14-34(15-3-1)48-50-43-20-10-11-21-47(43)51(48)46-27-26-41(40-18-8-9-19-42(40)46)45-31-39(37-24-22-32-12-4-6-16-35(32)28-37)30-44(49-45)38-25-23-33-13-5-7-17-36(33)29-38/h1-31H. The van der Waals surface area contributed by atoms with Crippen molar-refractivity contribution in [3.05, 3.63) is 188 Å². The van der Waals surface area contributed by atoms with Gasteiger partial charge in [0.1, 0.15) is 5.82 Å². The van der Waals surface area contributed by atoms with E-state index >= 15 is 0 Å². The molecule has 0 atom stereocenters. The SMILES string of the molecule is c1ccc(-c2nc3ccccc3n2-c2ccc(-c3cc(-c4ccc5ccccc5c4)cc(-c4ccc5ccccc5c4)n3)c3ccccc23)cc1. The molecule has 0 aliphatic rings. The van der Waals surface area contributed by atoms with Crippen LogP contribution in [0.25, 0.3) is 94.1 Å². The summed E-state index contributed by atoms with van der Waals surface area (Å²) in [5.74, 6) is 0.921. The number of fused-ring (bicyclic) bond motifs is 4. The molecule has 0 aliphatic heterocycles. The van der Waals surface area contributed by atoms with Crippen LogP contribution in [0, 0.1) is 0 Å². The third-order valence-corrected chi connectivity index (χ3v) is 9.96. The highest BCUT2D eigenvalue weighted by atomic mass is 15.1. The molecular formula is C48H31N3. The number of imidazole rings is 1. The Morgan fingerprint density at radius 2 is 0.961 bits per heavy atom. The Kier molecular flexibility index (Phi) is 6.81. The van der Waals surface area contributed by atoms with Gasteiger partial charge in [0, 0.05) is 22.1 Å². The van der Waals surface area contributed by atoms with Crippen LogP contribution < -0.4 is 0 Å². The molecular weight excluding hydrogens is 619 g/mol. The van der Waals surface area contributed by atoms with Crippen LogP contribution in [0.5, 0.6) is 0 Å². The van der Waals surface area contributed by atoms with E-state index in [1.54, 1.807) is 0 Å². The van der Waals surface area contributed by atoms with Gasteiger partial charge in [-0.15, -0.1) is 0 Å². The van der Waals surface area contributed by atoms with Crippen molar-refractivity contribution in [3.8, 4) is 50.7 Å². The third kappa shape index (κ3) is 5.06. The summed E-state index contributed by atoms with van der Waals surface area (Å²) in [6, 6.07) is 66.9. The Hall–Kier alpha value is -6.84. The number of nitrogens with zero attached hydrogens (tertiary/aromatic N) is 3. The van der Waals surface area contributed by atoms with Gasteiger partial charge in [0.2, 0.25) is 0 Å². The van der Waals surface area contributed by atoms with E-state index in [-0.39, 0.29) is 0 Å². The Labute approximate surface area is 295 Å². The van der Waals surface area contributed by atoms with Gasteiger partial charge >= 0.3 is 0 Å². The van der Waals surface area contributed by atoms with Crippen molar-refractivity contribution in [2.45, 2.75) is 0 Å². The summed E-state index contributed by atoms with van der Waals surface area (Å²) in [5.41, 5.74) is 10.6. The molecule has 8 aromatic carbocycles. The van der Waals surface area contributed by atoms with Crippen LogP contribution in [0.1, 0.15) is 0 Å². The monoisotopic (exact) mass is 649 g/mol. The lowest BCUT2D eigenvalue weighted by atomic mass is 9.95. The topological polar surface area (TPSA) is 30.7 Å². The molecule has 3 heteroatoms. The fraction of sp³-hybridized carbons (Fsp3) is 0. The first-order valence-corrected chi connectivity index (χ1v) is 17.3. The number of rotatable bonds is 5. The quantitative estimate of drug-likeness (QED) is 0.186. The maximum Gasteiger partial charge on any atom is 0.145 e. The highest BCUT2D eigenvalue weighted by Gasteiger charge is 2.19. The van der Waals surface area contributed by atoms with E-state index in [4.69, 9.17) is 9.97 Å². The number of hydrogen-bond acceptors (Lipinski definition) is 2. The molecule has 3 nitrogen and oxygen atoms in total. The molecule has 2 aromatic heterocycles. The van der Waals surface area contributed by atoms with Gasteiger partial charge in [-0.3, -0.25) is 4.57 Å². The molecule has 10 aromatic rings. The number of para-hydroxylation sites is 2. The van der Waals surface area contributed by atoms with Crippen molar-refractivity contribution in [2.24, 2.45) is 0 Å². The average molecular weight is 650 g/mol. The zero-order chi connectivity index (χ0) is 33.7. The van der Waals surface area contributed by atoms with Crippen molar-refractivity contribution in [1.82, 2.24) is 14.5 Å². The van der Waals surface area contributed by atoms with Gasteiger partial charge in [-0.25, -0.2) is 9.97 Å². The van der Waals surface area contributed by atoms with Gasteiger partial charge in [0.05, 0.1) is 28.1 Å². The van der Waals surface area contributed by atoms with Gasteiger partial charge in [-0.05, 0) is 80.5 Å². The summed E-state index contributed by atoms with van der Waals surface area (Å²) in [7, 11) is 0. The Morgan fingerprint density at radius 3 is 1.75 bits per heavy atom. The molecule has 0 radical (unpaired) electrons. The van der Waals surface area contributed by atoms with Gasteiger partial charge in [-0.1, -0.05) is 146 Å². The summed E-state index contributed by atoms with van der Waals surface area (Å²) in [6.45, 7) is 0. The lowest BCUT2D eigenvalue weighted by molar-refractivity contribution is 1.11. The van der Waals surface area contributed by atoms with E-state index in [1.165, 1.54) is 21.5 Å². The van der Waals surface area contributed by atoms with Crippen LogP contribution in [-0.4, -0.2) is 14.5 Å². The van der Waals surface area contributed by atoms with Crippen molar-refractivity contribution in [1.29, 1.82) is 0 Å². The van der Waals surface area contributed by atoms with Crippen molar-refractivity contribution < 1.29 is 0 Å². The van der Waals surface area contributed by atoms with Crippen LogP contribution in [0.3, 0.4) is 0 Å². The van der Waals surface area contributed by atoms with Gasteiger partial charge in [0.25, 0.3) is 0 Å². The largest absolute Gasteiger partial charge is 0.292 e. The van der Waals surface area contributed by atoms with Gasteiger partial charge in [0.15, 0.2) is 0 Å². The van der Waals surface area contributed by atoms with E-state index in [2.05, 4.69) is 187 Å². The Bertz CT molecular complexity index is 2820. The second-order valence-electron chi connectivity index (χ2n) is 13.1. The number of pyridine rings is 1. The first-order chi connectivity index (χ1) is 25.3. The van der Waals surface area contributed by atoms with Crippen LogP contribution in [-0.2, 0) is 0 Å². The minimum Gasteiger partial charge on any atom is -0.292 e. The molecule has 2 heterocycles. The van der Waals surface area contributed by atoms with Crippen molar-refractivity contribution >= 4 is 43.4 Å². The molecule has 0 fully saturated rings. The molecule has 0 unspecified atom stereocenters. The summed E-state index contributed by atoms with van der Waals surface area (Å²) in [6.07, 6.45) is 0. The van der Waals surface area contributed by atoms with Crippen LogP contribution in [0.15, 0.2) is 188 Å². The lowest BCUT2D eigenvalue weighted by Gasteiger charge is -2.17. The maximum atomic E-state index is 5.41. The van der Waals surface area contributed by atoms with Gasteiger partial charge in [-0.2, -0.15) is 0 Å². The minimum absolute atomic E-state index is 0.921. The molecule has 51 heavy (non-hydrogen) atoms. The highest BCUT2D eigenvalue weighted by Crippen LogP contribution is 2.39. The van der Waals surface area contributed by atoms with Crippen LogP contribution in [0.4, 0.5) is 0 Å². The van der Waals surface area contributed by atoms with E-state index in [1.807, 2.05) is 6.07 Å². The fourth-order valence-electron chi connectivity index (χ4n) is 7.45.